The summed E-state index contributed by atoms with van der Waals surface area (Å²) >= 11 is 0. The Morgan fingerprint density at radius 1 is 1.39 bits per heavy atom. The molecule has 0 aromatic carbocycles. The van der Waals surface area contributed by atoms with Crippen molar-refractivity contribution in [1.82, 2.24) is 9.88 Å². The number of Topliss-reactive ketones (excluding diaryl/α,β-unsaturated/α-hetero) is 1. The fraction of sp³-hybridized carbons (Fsp3) is 0.571. The van der Waals surface area contributed by atoms with Gasteiger partial charge in [0, 0.05) is 13.0 Å². The van der Waals surface area contributed by atoms with E-state index in [-0.39, 0.29) is 5.78 Å². The summed E-state index contributed by atoms with van der Waals surface area (Å²) in [5.41, 5.74) is 0.518. The molecule has 1 fully saturated rings. The molecule has 0 aliphatic carbocycles. The van der Waals surface area contributed by atoms with Crippen LogP contribution >= 0.6 is 0 Å². The molecule has 0 unspecified atom stereocenters. The molecule has 98 valence electrons. The van der Waals surface area contributed by atoms with Gasteiger partial charge in [0.25, 0.3) is 0 Å². The highest BCUT2D eigenvalue weighted by Crippen LogP contribution is 2.11. The van der Waals surface area contributed by atoms with E-state index in [1.54, 1.807) is 12.3 Å². The Morgan fingerprint density at radius 3 is 2.78 bits per heavy atom. The number of likely N-dealkylation sites (tertiary alicyclic amines) is 1. The van der Waals surface area contributed by atoms with Gasteiger partial charge in [0.05, 0.1) is 6.20 Å². The molecule has 4 nitrogen and oxygen atoms in total. The van der Waals surface area contributed by atoms with Gasteiger partial charge in [-0.05, 0) is 38.1 Å². The molecule has 0 radical (unpaired) electrons. The Kier molecular flexibility index (Phi) is 4.70. The molecule has 4 heteroatoms. The van der Waals surface area contributed by atoms with Crippen molar-refractivity contribution in [3.05, 3.63) is 24.0 Å². The highest BCUT2D eigenvalue weighted by Gasteiger charge is 2.11. The topological polar surface area (TPSA) is 42.4 Å². The van der Waals surface area contributed by atoms with E-state index in [9.17, 15) is 4.79 Å². The van der Waals surface area contributed by atoms with Crippen molar-refractivity contribution in [2.75, 3.05) is 26.2 Å². The Balaban J connectivity index is 1.77. The number of hydrogen-bond donors (Lipinski definition) is 0. The molecular weight excluding hydrogens is 228 g/mol. The third-order valence-corrected chi connectivity index (χ3v) is 3.22. The third-order valence-electron chi connectivity index (χ3n) is 3.22. The first-order valence-electron chi connectivity index (χ1n) is 6.64. The maximum absolute atomic E-state index is 11.4. The molecule has 0 atom stereocenters. The Hall–Kier alpha value is -1.42. The lowest BCUT2D eigenvalue weighted by molar-refractivity contribution is 0.0983. The summed E-state index contributed by atoms with van der Waals surface area (Å²) < 4.78 is 5.62. The van der Waals surface area contributed by atoms with Gasteiger partial charge in [-0.3, -0.25) is 9.69 Å². The molecule has 2 rings (SSSR count). The van der Waals surface area contributed by atoms with E-state index >= 15 is 0 Å². The molecule has 18 heavy (non-hydrogen) atoms. The fourth-order valence-electron chi connectivity index (χ4n) is 2.11. The lowest BCUT2D eigenvalue weighted by Gasteiger charge is -2.14. The molecular formula is C14H20N2O2. The van der Waals surface area contributed by atoms with Gasteiger partial charge in [-0.1, -0.05) is 6.92 Å². The number of carbonyl (C=O) groups excluding carboxylic acids is 1. The number of hydrogen-bond acceptors (Lipinski definition) is 4. The molecule has 0 bridgehead atoms. The first kappa shape index (κ1) is 13.0. The highest BCUT2D eigenvalue weighted by molar-refractivity contribution is 5.93. The summed E-state index contributed by atoms with van der Waals surface area (Å²) in [5, 5.41) is 0. The van der Waals surface area contributed by atoms with E-state index in [2.05, 4.69) is 9.88 Å². The number of ether oxygens (including phenoxy) is 1. The lowest BCUT2D eigenvalue weighted by atomic mass is 10.2. The van der Waals surface area contributed by atoms with Crippen molar-refractivity contribution in [2.45, 2.75) is 26.2 Å². The van der Waals surface area contributed by atoms with Crippen LogP contribution in [-0.2, 0) is 0 Å². The molecule has 1 aromatic rings. The van der Waals surface area contributed by atoms with Crippen molar-refractivity contribution in [1.29, 1.82) is 0 Å². The van der Waals surface area contributed by atoms with Gasteiger partial charge in [-0.2, -0.15) is 0 Å². The van der Waals surface area contributed by atoms with Gasteiger partial charge in [0.1, 0.15) is 18.1 Å². The van der Waals surface area contributed by atoms with Gasteiger partial charge in [0.15, 0.2) is 5.78 Å². The van der Waals surface area contributed by atoms with Crippen molar-refractivity contribution in [3.8, 4) is 5.75 Å². The van der Waals surface area contributed by atoms with Crippen LogP contribution in [0.1, 0.15) is 36.7 Å². The lowest BCUT2D eigenvalue weighted by Crippen LogP contribution is -2.25. The Morgan fingerprint density at radius 2 is 2.17 bits per heavy atom. The predicted molar refractivity (Wildman–Crippen MR) is 70.0 cm³/mol. The average molecular weight is 248 g/mol. The second kappa shape index (κ2) is 6.50. The summed E-state index contributed by atoms with van der Waals surface area (Å²) in [6.07, 6.45) is 4.72. The molecule has 1 aliphatic heterocycles. The van der Waals surface area contributed by atoms with Crippen LogP contribution in [0.5, 0.6) is 5.75 Å². The molecule has 0 N–H and O–H groups in total. The zero-order valence-electron chi connectivity index (χ0n) is 10.9. The molecule has 0 spiro atoms. The minimum Gasteiger partial charge on any atom is -0.491 e. The maximum Gasteiger partial charge on any atom is 0.180 e. The number of carbonyl (C=O) groups is 1. The van der Waals surface area contributed by atoms with Crippen molar-refractivity contribution >= 4 is 5.78 Å². The van der Waals surface area contributed by atoms with Gasteiger partial charge < -0.3 is 4.74 Å². The average Bonchev–Trinajstić information content (AvgIpc) is 2.92. The Bertz CT molecular complexity index is 383. The van der Waals surface area contributed by atoms with Crippen LogP contribution in [0.15, 0.2) is 18.3 Å². The van der Waals surface area contributed by atoms with E-state index in [0.717, 1.165) is 12.3 Å². The van der Waals surface area contributed by atoms with Gasteiger partial charge in [-0.25, -0.2) is 4.98 Å². The highest BCUT2D eigenvalue weighted by atomic mass is 16.5. The van der Waals surface area contributed by atoms with E-state index in [0.29, 0.717) is 18.7 Å². The number of aromatic nitrogens is 1. The number of rotatable bonds is 6. The van der Waals surface area contributed by atoms with E-state index < -0.39 is 0 Å². The van der Waals surface area contributed by atoms with Crippen LogP contribution in [-0.4, -0.2) is 41.9 Å². The van der Waals surface area contributed by atoms with Gasteiger partial charge in [-0.15, -0.1) is 0 Å². The van der Waals surface area contributed by atoms with E-state index in [4.69, 9.17) is 4.74 Å². The summed E-state index contributed by atoms with van der Waals surface area (Å²) in [4.78, 5) is 17.9. The van der Waals surface area contributed by atoms with Crippen LogP contribution in [0, 0.1) is 0 Å². The van der Waals surface area contributed by atoms with Crippen LogP contribution in [0.25, 0.3) is 0 Å². The maximum atomic E-state index is 11.4. The molecule has 0 saturated carbocycles. The van der Waals surface area contributed by atoms with E-state index in [1.807, 2.05) is 13.0 Å². The first-order valence-corrected chi connectivity index (χ1v) is 6.64. The summed E-state index contributed by atoms with van der Waals surface area (Å²) in [6, 6.07) is 3.55. The van der Waals surface area contributed by atoms with Crippen LogP contribution in [0.4, 0.5) is 0 Å². The molecule has 2 heterocycles. The van der Waals surface area contributed by atoms with Crippen molar-refractivity contribution < 1.29 is 9.53 Å². The van der Waals surface area contributed by atoms with Gasteiger partial charge >= 0.3 is 0 Å². The summed E-state index contributed by atoms with van der Waals surface area (Å²) in [6.45, 7) is 5.86. The smallest absolute Gasteiger partial charge is 0.180 e. The van der Waals surface area contributed by atoms with Crippen LogP contribution < -0.4 is 4.74 Å². The quantitative estimate of drug-likeness (QED) is 0.723. The zero-order valence-corrected chi connectivity index (χ0v) is 10.9. The van der Waals surface area contributed by atoms with Gasteiger partial charge in [0.2, 0.25) is 0 Å². The van der Waals surface area contributed by atoms with Crippen molar-refractivity contribution in [2.24, 2.45) is 0 Å². The number of pyridine rings is 1. The molecule has 1 aliphatic rings. The minimum atomic E-state index is 0.0682. The number of ketones is 1. The fourth-order valence-corrected chi connectivity index (χ4v) is 2.11. The second-order valence-electron chi connectivity index (χ2n) is 4.55. The SMILES string of the molecule is CCC(=O)c1ccc(OCCN2CCCC2)cn1. The number of nitrogens with zero attached hydrogens (tertiary/aromatic N) is 2. The summed E-state index contributed by atoms with van der Waals surface area (Å²) in [7, 11) is 0. The standard InChI is InChI=1S/C14H20N2O2/c1-2-14(17)13-6-5-12(11-15-13)18-10-9-16-7-3-4-8-16/h5-6,11H,2-4,7-10H2,1H3. The molecule has 0 amide bonds. The monoisotopic (exact) mass is 248 g/mol. The van der Waals surface area contributed by atoms with Crippen LogP contribution in [0.3, 0.4) is 0 Å². The predicted octanol–water partition coefficient (Wildman–Crippen LogP) is 2.15. The Labute approximate surface area is 108 Å². The molecule has 1 aromatic heterocycles. The second-order valence-corrected chi connectivity index (χ2v) is 4.55. The molecule has 1 saturated heterocycles. The third kappa shape index (κ3) is 3.53. The summed E-state index contributed by atoms with van der Waals surface area (Å²) in [5.74, 6) is 0.806. The first-order chi connectivity index (χ1) is 8.79. The largest absolute Gasteiger partial charge is 0.491 e. The normalized spacial score (nSPS) is 15.8. The van der Waals surface area contributed by atoms with Crippen molar-refractivity contribution in [3.63, 3.8) is 0 Å². The van der Waals surface area contributed by atoms with Crippen LogP contribution in [0.2, 0.25) is 0 Å². The zero-order chi connectivity index (χ0) is 12.8. The minimum absolute atomic E-state index is 0.0682. The van der Waals surface area contributed by atoms with E-state index in [1.165, 1.54) is 25.9 Å².